The van der Waals surface area contributed by atoms with Crippen molar-refractivity contribution in [2.75, 3.05) is 4.90 Å². The number of nitrogens with zero attached hydrogens (tertiary/aromatic N) is 1. The van der Waals surface area contributed by atoms with Crippen molar-refractivity contribution >= 4 is 49.4 Å². The van der Waals surface area contributed by atoms with Gasteiger partial charge in [-0.25, -0.2) is 0 Å². The number of hydrogen-bond donors (Lipinski definition) is 0. The van der Waals surface area contributed by atoms with Crippen LogP contribution < -0.4 is 4.90 Å². The van der Waals surface area contributed by atoms with E-state index in [1.54, 1.807) is 11.0 Å². The predicted octanol–water partition coefficient (Wildman–Crippen LogP) is 18.3. The highest BCUT2D eigenvalue weighted by Gasteiger charge is 2.48. The standard InChI is InChI=1S/C67H49N/c1-3-17-52(4-2)67(53-21-6-5-7-22-53)65-29-15-14-27-62(65)63-43-42-56(45-66(63)67)68(55-40-36-50(37-41-55)64-44-51-19-9-11-24-59(51)60-25-12-13-26-61(60)64)54-38-34-47(35-39-54)46-30-32-49(33-31-46)58-28-16-20-48-18-8-10-23-57(48)58/h3-16,18-45,52H,1-2,17H2/i30D,31D,32D,33D,34D,35D,38D,39D. The number of allylic oxidation sites excluding steroid dienone is 2. The molecule has 0 aliphatic heterocycles. The first kappa shape index (κ1) is 33.0. The second-order valence-electron chi connectivity index (χ2n) is 17.4. The summed E-state index contributed by atoms with van der Waals surface area (Å²) in [5, 5.41) is 6.10. The fraction of sp³-hybridized carbons (Fsp3) is 0.0448. The lowest BCUT2D eigenvalue weighted by Crippen LogP contribution is -2.35. The highest BCUT2D eigenvalue weighted by Crippen LogP contribution is 2.58. The Morgan fingerprint density at radius 1 is 0.412 bits per heavy atom. The maximum absolute atomic E-state index is 9.96. The largest absolute Gasteiger partial charge is 0.310 e. The van der Waals surface area contributed by atoms with Gasteiger partial charge >= 0.3 is 0 Å². The SMILES string of the molecule is [2H]c1c([2H])c(-c2cccc3ccccc23)c([2H])c([2H])c1-c1c([2H])c([2H])c(N(c2ccc(-c3cc4ccccc4c4ccccc34)cc2)c2ccc3c(c2)C(c2ccccc2)(C(C=C)CC=C)c2ccccc2-3)c([2H])c1[2H]. The Kier molecular flexibility index (Phi) is 8.28. The molecule has 68 heavy (non-hydrogen) atoms. The monoisotopic (exact) mass is 875 g/mol. The molecule has 0 heterocycles. The van der Waals surface area contributed by atoms with Crippen molar-refractivity contribution in [2.24, 2.45) is 5.92 Å². The summed E-state index contributed by atoms with van der Waals surface area (Å²) in [5.41, 5.74) is 7.56. The average Bonchev–Trinajstić information content (AvgIpc) is 4.01. The van der Waals surface area contributed by atoms with Crippen LogP contribution in [-0.4, -0.2) is 0 Å². The van der Waals surface area contributed by atoms with Crippen LogP contribution in [0.5, 0.6) is 0 Å². The van der Waals surface area contributed by atoms with Crippen LogP contribution in [-0.2, 0) is 5.41 Å². The summed E-state index contributed by atoms with van der Waals surface area (Å²) in [6, 6.07) is 61.4. The van der Waals surface area contributed by atoms with Gasteiger partial charge < -0.3 is 4.90 Å². The summed E-state index contributed by atoms with van der Waals surface area (Å²) < 4.78 is 76.9. The lowest BCUT2D eigenvalue weighted by molar-refractivity contribution is 0.461. The van der Waals surface area contributed by atoms with E-state index in [1.165, 1.54) is 0 Å². The van der Waals surface area contributed by atoms with Crippen LogP contribution in [0.15, 0.2) is 268 Å². The molecule has 0 spiro atoms. The molecular weight excluding hydrogens is 819 g/mol. The molecular formula is C67H49N. The molecule has 1 heteroatoms. The van der Waals surface area contributed by atoms with E-state index in [0.29, 0.717) is 23.4 Å². The molecule has 12 rings (SSSR count). The van der Waals surface area contributed by atoms with Crippen LogP contribution in [0.25, 0.3) is 76.8 Å². The third kappa shape index (κ3) is 6.70. The molecule has 11 aromatic carbocycles. The maximum Gasteiger partial charge on any atom is 0.0645 e. The third-order valence-corrected chi connectivity index (χ3v) is 13.8. The molecule has 1 aliphatic carbocycles. The van der Waals surface area contributed by atoms with Crippen molar-refractivity contribution in [2.45, 2.75) is 11.8 Å². The molecule has 0 N–H and O–H groups in total. The summed E-state index contributed by atoms with van der Waals surface area (Å²) in [6.07, 6.45) is 4.54. The van der Waals surface area contributed by atoms with Gasteiger partial charge in [-0.05, 0) is 148 Å². The molecule has 2 atom stereocenters. The van der Waals surface area contributed by atoms with Crippen LogP contribution in [0.1, 0.15) is 34.1 Å². The number of fused-ring (bicyclic) bond motifs is 7. The summed E-state index contributed by atoms with van der Waals surface area (Å²) in [5.74, 6) is -0.152. The van der Waals surface area contributed by atoms with Gasteiger partial charge in [0.05, 0.1) is 16.4 Å². The van der Waals surface area contributed by atoms with Gasteiger partial charge in [-0.2, -0.15) is 0 Å². The molecule has 2 unspecified atom stereocenters. The van der Waals surface area contributed by atoms with Crippen molar-refractivity contribution in [3.05, 3.63) is 284 Å². The van der Waals surface area contributed by atoms with E-state index in [2.05, 4.69) is 92.0 Å². The first-order chi connectivity index (χ1) is 37.0. The topological polar surface area (TPSA) is 3.24 Å². The van der Waals surface area contributed by atoms with Gasteiger partial charge in [0, 0.05) is 17.1 Å². The Morgan fingerprint density at radius 2 is 0.985 bits per heavy atom. The Labute approximate surface area is 410 Å². The minimum Gasteiger partial charge on any atom is -0.310 e. The van der Waals surface area contributed by atoms with Gasteiger partial charge in [-0.1, -0.05) is 212 Å². The quantitative estimate of drug-likeness (QED) is 0.0924. The van der Waals surface area contributed by atoms with Crippen molar-refractivity contribution in [3.8, 4) is 44.5 Å². The normalized spacial score (nSPS) is 16.0. The van der Waals surface area contributed by atoms with Gasteiger partial charge in [0.2, 0.25) is 0 Å². The fourth-order valence-corrected chi connectivity index (χ4v) is 10.7. The van der Waals surface area contributed by atoms with E-state index < -0.39 is 41.7 Å². The van der Waals surface area contributed by atoms with E-state index in [4.69, 9.17) is 0 Å². The molecule has 1 aliphatic rings. The Morgan fingerprint density at radius 3 is 1.74 bits per heavy atom. The van der Waals surface area contributed by atoms with E-state index in [0.717, 1.165) is 71.3 Å². The lowest BCUT2D eigenvalue weighted by atomic mass is 9.63. The van der Waals surface area contributed by atoms with Gasteiger partial charge in [0.15, 0.2) is 0 Å². The van der Waals surface area contributed by atoms with Crippen LogP contribution in [0.4, 0.5) is 17.1 Å². The Hall–Kier alpha value is -8.52. The summed E-state index contributed by atoms with van der Waals surface area (Å²) in [6.45, 7) is 8.57. The van der Waals surface area contributed by atoms with Crippen molar-refractivity contribution < 1.29 is 11.0 Å². The highest BCUT2D eigenvalue weighted by molar-refractivity contribution is 6.13. The van der Waals surface area contributed by atoms with Crippen molar-refractivity contribution in [1.82, 2.24) is 0 Å². The summed E-state index contributed by atoms with van der Waals surface area (Å²) >= 11 is 0. The van der Waals surface area contributed by atoms with E-state index in [9.17, 15) is 11.0 Å². The van der Waals surface area contributed by atoms with Crippen molar-refractivity contribution in [1.29, 1.82) is 0 Å². The summed E-state index contributed by atoms with van der Waals surface area (Å²) in [7, 11) is 0. The average molecular weight is 876 g/mol. The fourth-order valence-electron chi connectivity index (χ4n) is 10.7. The molecule has 0 fully saturated rings. The van der Waals surface area contributed by atoms with Crippen LogP contribution >= 0.6 is 0 Å². The predicted molar refractivity (Wildman–Crippen MR) is 290 cm³/mol. The minimum atomic E-state index is -0.750. The number of benzene rings is 11. The zero-order valence-electron chi connectivity index (χ0n) is 45.3. The third-order valence-electron chi connectivity index (χ3n) is 13.8. The molecule has 0 bridgehead atoms. The zero-order chi connectivity index (χ0) is 52.6. The van der Waals surface area contributed by atoms with Gasteiger partial charge in [-0.3, -0.25) is 0 Å². The first-order valence-electron chi connectivity index (χ1n) is 27.0. The molecule has 0 saturated heterocycles. The summed E-state index contributed by atoms with van der Waals surface area (Å²) in [4.78, 5) is 1.78. The van der Waals surface area contributed by atoms with Crippen molar-refractivity contribution in [3.63, 3.8) is 0 Å². The van der Waals surface area contributed by atoms with Crippen LogP contribution in [0, 0.1) is 5.92 Å². The zero-order valence-corrected chi connectivity index (χ0v) is 37.3. The molecule has 0 aromatic heterocycles. The Balaban J connectivity index is 1.09. The highest BCUT2D eigenvalue weighted by atomic mass is 15.1. The van der Waals surface area contributed by atoms with Crippen LogP contribution in [0.2, 0.25) is 0 Å². The molecule has 0 saturated carbocycles. The smallest absolute Gasteiger partial charge is 0.0645 e. The number of hydrogen-bond acceptors (Lipinski definition) is 1. The Bertz CT molecular complexity index is 4120. The van der Waals surface area contributed by atoms with E-state index in [-0.39, 0.29) is 40.4 Å². The van der Waals surface area contributed by atoms with Gasteiger partial charge in [0.1, 0.15) is 0 Å². The maximum atomic E-state index is 9.96. The molecule has 0 amide bonds. The lowest BCUT2D eigenvalue weighted by Gasteiger charge is -2.39. The van der Waals surface area contributed by atoms with Crippen LogP contribution in [0.3, 0.4) is 0 Å². The first-order valence-corrected chi connectivity index (χ1v) is 23.0. The molecule has 0 radical (unpaired) electrons. The van der Waals surface area contributed by atoms with E-state index >= 15 is 0 Å². The number of rotatable bonds is 11. The molecule has 1 nitrogen and oxygen atoms in total. The second-order valence-corrected chi connectivity index (χ2v) is 17.4. The molecule has 11 aromatic rings. The minimum absolute atomic E-state index is 0.0441. The van der Waals surface area contributed by atoms with E-state index in [1.807, 2.05) is 121 Å². The second kappa shape index (κ2) is 17.0. The molecule has 322 valence electrons. The van der Waals surface area contributed by atoms with Gasteiger partial charge in [-0.15, -0.1) is 13.2 Å². The van der Waals surface area contributed by atoms with Gasteiger partial charge in [0.25, 0.3) is 0 Å². The number of anilines is 3.